The van der Waals surface area contributed by atoms with Crippen molar-refractivity contribution in [3.05, 3.63) is 41.7 Å². The van der Waals surface area contributed by atoms with E-state index >= 15 is 0 Å². The lowest BCUT2D eigenvalue weighted by Crippen LogP contribution is -2.59. The number of nitriles is 2. The topological polar surface area (TPSA) is 72.9 Å². The highest BCUT2D eigenvalue weighted by atomic mass is 16.5. The van der Waals surface area contributed by atoms with E-state index in [9.17, 15) is 5.26 Å². The molecule has 0 N–H and O–H groups in total. The van der Waals surface area contributed by atoms with E-state index in [1.54, 1.807) is 12.4 Å². The summed E-state index contributed by atoms with van der Waals surface area (Å²) in [5.74, 6) is 0. The minimum atomic E-state index is -0.556. The van der Waals surface area contributed by atoms with E-state index in [4.69, 9.17) is 10.00 Å². The fourth-order valence-corrected chi connectivity index (χ4v) is 3.94. The molecule has 3 aliphatic heterocycles. The molecule has 4 rings (SSSR count). The molecule has 1 aromatic rings. The van der Waals surface area contributed by atoms with Crippen LogP contribution in [0.4, 0.5) is 0 Å². The third-order valence-electron chi connectivity index (χ3n) is 5.11. The molecule has 22 heavy (non-hydrogen) atoms. The third-order valence-corrected chi connectivity index (χ3v) is 5.11. The molecular formula is C17H16N4O. The van der Waals surface area contributed by atoms with Crippen molar-refractivity contribution in [1.29, 1.82) is 10.5 Å². The van der Waals surface area contributed by atoms with Crippen LogP contribution in [0.5, 0.6) is 0 Å². The normalized spacial score (nSPS) is 33.9. The van der Waals surface area contributed by atoms with Crippen LogP contribution in [0.2, 0.25) is 0 Å². The first-order chi connectivity index (χ1) is 10.8. The summed E-state index contributed by atoms with van der Waals surface area (Å²) in [5, 5.41) is 19.0. The molecule has 5 nitrogen and oxygen atoms in total. The maximum absolute atomic E-state index is 9.89. The van der Waals surface area contributed by atoms with E-state index in [2.05, 4.69) is 34.2 Å². The van der Waals surface area contributed by atoms with Crippen molar-refractivity contribution >= 4 is 0 Å². The van der Waals surface area contributed by atoms with E-state index in [1.807, 2.05) is 6.07 Å². The molecular weight excluding hydrogens is 276 g/mol. The van der Waals surface area contributed by atoms with Crippen LogP contribution in [-0.2, 0) is 10.2 Å². The van der Waals surface area contributed by atoms with Crippen molar-refractivity contribution in [3.63, 3.8) is 0 Å². The third kappa shape index (κ3) is 1.87. The minimum Gasteiger partial charge on any atom is -0.378 e. The van der Waals surface area contributed by atoms with Gasteiger partial charge in [0, 0.05) is 24.5 Å². The summed E-state index contributed by atoms with van der Waals surface area (Å²) in [7, 11) is 0. The molecule has 4 heterocycles. The summed E-state index contributed by atoms with van der Waals surface area (Å²) in [6.45, 7) is 1.58. The second-order valence-corrected chi connectivity index (χ2v) is 6.33. The highest BCUT2D eigenvalue weighted by Gasteiger charge is 2.50. The molecule has 0 aromatic carbocycles. The van der Waals surface area contributed by atoms with Crippen LogP contribution in [0.3, 0.4) is 0 Å². The summed E-state index contributed by atoms with van der Waals surface area (Å²) in [6.07, 6.45) is 9.24. The number of rotatable bonds is 2. The van der Waals surface area contributed by atoms with Crippen LogP contribution in [0, 0.1) is 22.7 Å². The second kappa shape index (κ2) is 4.91. The number of pyridine rings is 1. The number of fused-ring (bicyclic) bond motifs is 2. The molecule has 2 saturated heterocycles. The molecule has 3 aliphatic rings. The van der Waals surface area contributed by atoms with E-state index < -0.39 is 5.41 Å². The molecule has 0 amide bonds. The average Bonchev–Trinajstić information content (AvgIpc) is 2.77. The van der Waals surface area contributed by atoms with Gasteiger partial charge in [-0.2, -0.15) is 10.5 Å². The molecule has 0 radical (unpaired) electrons. The Bertz CT molecular complexity index is 694. The lowest BCUT2D eigenvalue weighted by atomic mass is 9.70. The van der Waals surface area contributed by atoms with Crippen LogP contribution in [0.1, 0.15) is 24.0 Å². The van der Waals surface area contributed by atoms with Gasteiger partial charge in [-0.1, -0.05) is 12.2 Å². The molecule has 2 bridgehead atoms. The van der Waals surface area contributed by atoms with Crippen LogP contribution < -0.4 is 0 Å². The van der Waals surface area contributed by atoms with E-state index in [1.165, 1.54) is 0 Å². The van der Waals surface area contributed by atoms with Gasteiger partial charge in [0.25, 0.3) is 0 Å². The average molecular weight is 292 g/mol. The van der Waals surface area contributed by atoms with Crippen LogP contribution in [0.15, 0.2) is 30.6 Å². The van der Waals surface area contributed by atoms with Gasteiger partial charge in [0.05, 0.1) is 36.3 Å². The molecule has 2 unspecified atom stereocenters. The van der Waals surface area contributed by atoms with Gasteiger partial charge < -0.3 is 4.74 Å². The zero-order valence-electron chi connectivity index (χ0n) is 12.1. The monoisotopic (exact) mass is 292 g/mol. The van der Waals surface area contributed by atoms with Gasteiger partial charge in [-0.25, -0.2) is 0 Å². The van der Waals surface area contributed by atoms with Crippen molar-refractivity contribution in [2.45, 2.75) is 36.4 Å². The van der Waals surface area contributed by atoms with Crippen molar-refractivity contribution in [1.82, 2.24) is 9.88 Å². The number of aromatic nitrogens is 1. The van der Waals surface area contributed by atoms with Gasteiger partial charge in [-0.3, -0.25) is 9.88 Å². The first-order valence-corrected chi connectivity index (χ1v) is 7.56. The molecule has 1 aromatic heterocycles. The first-order valence-electron chi connectivity index (χ1n) is 7.56. The molecule has 0 saturated carbocycles. The van der Waals surface area contributed by atoms with Crippen LogP contribution >= 0.6 is 0 Å². The standard InChI is InChI=1S/C17H16N4O/c18-6-12-3-13(8-20-7-12)17(11-19)4-14-1-2-15(5-17)21(14)16-9-22-10-16/h1-3,7-8,14-16H,4-5,9-10H2. The first kappa shape index (κ1) is 13.5. The van der Waals surface area contributed by atoms with Gasteiger partial charge in [0.2, 0.25) is 0 Å². The quantitative estimate of drug-likeness (QED) is 0.773. The van der Waals surface area contributed by atoms with E-state index in [-0.39, 0.29) is 12.1 Å². The summed E-state index contributed by atoms with van der Waals surface area (Å²) in [6, 6.07) is 7.50. The van der Waals surface area contributed by atoms with E-state index in [0.717, 1.165) is 31.6 Å². The number of ether oxygens (including phenoxy) is 1. The maximum Gasteiger partial charge on any atom is 0.101 e. The fraction of sp³-hybridized carbons (Fsp3) is 0.471. The van der Waals surface area contributed by atoms with Crippen molar-refractivity contribution in [2.75, 3.05) is 13.2 Å². The molecule has 5 heteroatoms. The molecule has 110 valence electrons. The highest BCUT2D eigenvalue weighted by Crippen LogP contribution is 2.45. The maximum atomic E-state index is 9.89. The summed E-state index contributed by atoms with van der Waals surface area (Å²) in [5.41, 5.74) is 0.833. The number of piperidine rings is 1. The largest absolute Gasteiger partial charge is 0.378 e. The molecule has 2 fully saturated rings. The van der Waals surface area contributed by atoms with Crippen molar-refractivity contribution in [3.8, 4) is 12.1 Å². The van der Waals surface area contributed by atoms with E-state index in [0.29, 0.717) is 11.6 Å². The lowest BCUT2D eigenvalue weighted by molar-refractivity contribution is -0.0920. The van der Waals surface area contributed by atoms with Gasteiger partial charge in [-0.05, 0) is 24.5 Å². The summed E-state index contributed by atoms with van der Waals surface area (Å²) in [4.78, 5) is 6.63. The second-order valence-electron chi connectivity index (χ2n) is 6.33. The Morgan fingerprint density at radius 3 is 2.45 bits per heavy atom. The molecule has 0 spiro atoms. The zero-order chi connectivity index (χ0) is 15.2. The lowest BCUT2D eigenvalue weighted by Gasteiger charge is -2.49. The minimum absolute atomic E-state index is 0.276. The summed E-state index contributed by atoms with van der Waals surface area (Å²) < 4.78 is 5.33. The Balaban J connectivity index is 1.67. The Morgan fingerprint density at radius 1 is 1.18 bits per heavy atom. The van der Waals surface area contributed by atoms with Gasteiger partial charge in [0.15, 0.2) is 0 Å². The van der Waals surface area contributed by atoms with Crippen LogP contribution in [0.25, 0.3) is 0 Å². The SMILES string of the molecule is N#Cc1cncc(C2(C#N)CC3C=CC(C2)N3C2COC2)c1. The number of nitrogens with zero attached hydrogens (tertiary/aromatic N) is 4. The number of hydrogen-bond acceptors (Lipinski definition) is 5. The van der Waals surface area contributed by atoms with Gasteiger partial charge >= 0.3 is 0 Å². The Kier molecular flexibility index (Phi) is 3.00. The highest BCUT2D eigenvalue weighted by molar-refractivity contribution is 5.40. The predicted molar refractivity (Wildman–Crippen MR) is 78.6 cm³/mol. The number of hydrogen-bond donors (Lipinski definition) is 0. The fourth-order valence-electron chi connectivity index (χ4n) is 3.94. The van der Waals surface area contributed by atoms with Crippen molar-refractivity contribution in [2.24, 2.45) is 0 Å². The van der Waals surface area contributed by atoms with Gasteiger partial charge in [0.1, 0.15) is 6.07 Å². The Labute approximate surface area is 129 Å². The Hall–Kier alpha value is -2.21. The predicted octanol–water partition coefficient (Wildman–Crippen LogP) is 1.52. The summed E-state index contributed by atoms with van der Waals surface area (Å²) >= 11 is 0. The van der Waals surface area contributed by atoms with Gasteiger partial charge in [-0.15, -0.1) is 0 Å². The van der Waals surface area contributed by atoms with Crippen LogP contribution in [-0.4, -0.2) is 41.2 Å². The molecule has 0 aliphatic carbocycles. The Morgan fingerprint density at radius 2 is 1.91 bits per heavy atom. The zero-order valence-corrected chi connectivity index (χ0v) is 12.1. The molecule has 2 atom stereocenters. The smallest absolute Gasteiger partial charge is 0.101 e. The van der Waals surface area contributed by atoms with Crippen molar-refractivity contribution < 1.29 is 4.74 Å².